The van der Waals surface area contributed by atoms with Gasteiger partial charge in [0.05, 0.1) is 6.61 Å². The number of hydrogen-bond donors (Lipinski definition) is 0. The molecule has 3 nitrogen and oxygen atoms in total. The Labute approximate surface area is 214 Å². The Morgan fingerprint density at radius 3 is 1.65 bits per heavy atom. The van der Waals surface area contributed by atoms with Crippen LogP contribution in [0.25, 0.3) is 0 Å². The van der Waals surface area contributed by atoms with Crippen molar-refractivity contribution in [3.05, 3.63) is 0 Å². The summed E-state index contributed by atoms with van der Waals surface area (Å²) < 4.78 is 5.05. The predicted molar refractivity (Wildman–Crippen MR) is 148 cm³/mol. The van der Waals surface area contributed by atoms with Crippen molar-refractivity contribution in [2.24, 2.45) is 11.8 Å². The third-order valence-electron chi connectivity index (χ3n) is 8.00. The minimum Gasteiger partial charge on any atom is -0.466 e. The van der Waals surface area contributed by atoms with Gasteiger partial charge in [0.2, 0.25) is 0 Å². The monoisotopic (exact) mass is 479 g/mol. The average Bonchev–Trinajstić information content (AvgIpc) is 3.57. The number of carbonyl (C=O) groups excluding carboxylic acids is 1. The molecule has 0 bridgehead atoms. The lowest BCUT2D eigenvalue weighted by Gasteiger charge is -2.25. The Bertz CT molecular complexity index is 464. The van der Waals surface area contributed by atoms with Crippen molar-refractivity contribution in [3.63, 3.8) is 0 Å². The van der Waals surface area contributed by atoms with Crippen LogP contribution in [0, 0.1) is 11.8 Å². The van der Waals surface area contributed by atoms with E-state index in [1.807, 2.05) is 6.92 Å². The second-order valence-electron chi connectivity index (χ2n) is 11.3. The summed E-state index contributed by atoms with van der Waals surface area (Å²) in [6.45, 7) is 4.69. The number of carbonyl (C=O) groups is 1. The van der Waals surface area contributed by atoms with Gasteiger partial charge in [-0.15, -0.1) is 0 Å². The van der Waals surface area contributed by atoms with Gasteiger partial charge in [0.15, 0.2) is 0 Å². The molecule has 1 aliphatic rings. The SMILES string of the molecule is CCCCCCCCCCCCCCCCCCCC(C1CC1CCCC(=O)OCC)N(C)C. The van der Waals surface area contributed by atoms with E-state index in [1.165, 1.54) is 128 Å². The topological polar surface area (TPSA) is 29.5 Å². The molecule has 1 saturated carbocycles. The lowest BCUT2D eigenvalue weighted by atomic mass is 9.99. The van der Waals surface area contributed by atoms with Crippen molar-refractivity contribution < 1.29 is 9.53 Å². The maximum Gasteiger partial charge on any atom is 0.305 e. The fourth-order valence-electron chi connectivity index (χ4n) is 5.75. The van der Waals surface area contributed by atoms with Crippen LogP contribution in [0.5, 0.6) is 0 Å². The van der Waals surface area contributed by atoms with Gasteiger partial charge in [-0.2, -0.15) is 0 Å². The first-order chi connectivity index (χ1) is 16.6. The minimum atomic E-state index is -0.0210. The summed E-state index contributed by atoms with van der Waals surface area (Å²) >= 11 is 0. The maximum atomic E-state index is 11.5. The van der Waals surface area contributed by atoms with Gasteiger partial charge in [-0.05, 0) is 58.5 Å². The molecule has 0 aromatic rings. The van der Waals surface area contributed by atoms with Gasteiger partial charge in [-0.1, -0.05) is 116 Å². The summed E-state index contributed by atoms with van der Waals surface area (Å²) in [5, 5.41) is 0. The van der Waals surface area contributed by atoms with Crippen molar-refractivity contribution in [1.82, 2.24) is 4.90 Å². The van der Waals surface area contributed by atoms with Crippen LogP contribution in [-0.2, 0) is 9.53 Å². The van der Waals surface area contributed by atoms with Crippen molar-refractivity contribution >= 4 is 5.97 Å². The highest BCUT2D eigenvalue weighted by Gasteiger charge is 2.42. The predicted octanol–water partition coefficient (Wildman–Crippen LogP) is 9.33. The zero-order valence-electron chi connectivity index (χ0n) is 23.8. The standard InChI is InChI=1S/C31H61NO2/c1-5-7-8-9-10-11-12-13-14-15-16-17-18-19-20-21-22-25-30(32(3)4)29-27-28(29)24-23-26-31(33)34-6-2/h28-30H,5-27H2,1-4H3. The van der Waals surface area contributed by atoms with Gasteiger partial charge in [0, 0.05) is 12.5 Å². The molecule has 1 fully saturated rings. The van der Waals surface area contributed by atoms with E-state index in [-0.39, 0.29) is 5.97 Å². The van der Waals surface area contributed by atoms with Crippen molar-refractivity contribution in [2.75, 3.05) is 20.7 Å². The Morgan fingerprint density at radius 2 is 1.21 bits per heavy atom. The smallest absolute Gasteiger partial charge is 0.305 e. The maximum absolute atomic E-state index is 11.5. The van der Waals surface area contributed by atoms with Crippen LogP contribution >= 0.6 is 0 Å². The van der Waals surface area contributed by atoms with Crippen LogP contribution in [0.4, 0.5) is 0 Å². The molecule has 0 N–H and O–H groups in total. The lowest BCUT2D eigenvalue weighted by molar-refractivity contribution is -0.143. The van der Waals surface area contributed by atoms with Crippen molar-refractivity contribution in [2.45, 2.75) is 161 Å². The number of ether oxygens (including phenoxy) is 1. The Balaban J connectivity index is 1.89. The molecule has 3 heteroatoms. The molecule has 0 radical (unpaired) electrons. The Morgan fingerprint density at radius 1 is 0.735 bits per heavy atom. The molecule has 0 aliphatic heterocycles. The highest BCUT2D eigenvalue weighted by Crippen LogP contribution is 2.47. The van der Waals surface area contributed by atoms with Gasteiger partial charge in [0.25, 0.3) is 0 Å². The molecule has 1 rings (SSSR count). The fourth-order valence-corrected chi connectivity index (χ4v) is 5.75. The molecule has 3 unspecified atom stereocenters. The molecule has 0 amide bonds. The van der Waals surface area contributed by atoms with Gasteiger partial charge in [0.1, 0.15) is 0 Å². The molecule has 0 aromatic heterocycles. The first kappa shape index (κ1) is 31.5. The first-order valence-electron chi connectivity index (χ1n) is 15.4. The summed E-state index contributed by atoms with van der Waals surface area (Å²) in [4.78, 5) is 14.0. The molecule has 0 saturated heterocycles. The number of unbranched alkanes of at least 4 members (excludes halogenated alkanes) is 16. The third-order valence-corrected chi connectivity index (χ3v) is 8.00. The summed E-state index contributed by atoms with van der Waals surface area (Å²) in [5.41, 5.74) is 0. The molecular weight excluding hydrogens is 418 g/mol. The zero-order valence-corrected chi connectivity index (χ0v) is 23.8. The molecule has 202 valence electrons. The molecule has 34 heavy (non-hydrogen) atoms. The van der Waals surface area contributed by atoms with Gasteiger partial charge >= 0.3 is 5.97 Å². The third kappa shape index (κ3) is 17.0. The summed E-state index contributed by atoms with van der Waals surface area (Å²) in [7, 11) is 4.51. The molecule has 0 spiro atoms. The van der Waals surface area contributed by atoms with E-state index < -0.39 is 0 Å². The number of esters is 1. The van der Waals surface area contributed by atoms with E-state index in [0.29, 0.717) is 13.0 Å². The number of nitrogens with zero attached hydrogens (tertiary/aromatic N) is 1. The summed E-state index contributed by atoms with van der Waals surface area (Å²) in [6.07, 6.45) is 30.0. The molecule has 1 aliphatic carbocycles. The van der Waals surface area contributed by atoms with Crippen LogP contribution in [0.15, 0.2) is 0 Å². The van der Waals surface area contributed by atoms with Crippen LogP contribution < -0.4 is 0 Å². The van der Waals surface area contributed by atoms with Crippen molar-refractivity contribution in [1.29, 1.82) is 0 Å². The van der Waals surface area contributed by atoms with Crippen LogP contribution in [0.2, 0.25) is 0 Å². The van der Waals surface area contributed by atoms with E-state index in [0.717, 1.165) is 24.3 Å². The molecule has 0 heterocycles. The van der Waals surface area contributed by atoms with E-state index in [4.69, 9.17) is 4.74 Å². The second kappa shape index (κ2) is 21.7. The summed E-state index contributed by atoms with van der Waals surface area (Å²) in [6, 6.07) is 0.740. The molecule has 0 aromatic carbocycles. The fraction of sp³-hybridized carbons (Fsp3) is 0.968. The van der Waals surface area contributed by atoms with E-state index in [2.05, 4.69) is 25.9 Å². The van der Waals surface area contributed by atoms with Crippen molar-refractivity contribution in [3.8, 4) is 0 Å². The summed E-state index contributed by atoms with van der Waals surface area (Å²) in [5.74, 6) is 1.68. The van der Waals surface area contributed by atoms with E-state index in [9.17, 15) is 4.79 Å². The lowest BCUT2D eigenvalue weighted by Crippen LogP contribution is -2.30. The van der Waals surface area contributed by atoms with Crippen LogP contribution in [0.1, 0.15) is 155 Å². The molecule has 3 atom stereocenters. The van der Waals surface area contributed by atoms with Gasteiger partial charge in [-0.25, -0.2) is 0 Å². The highest BCUT2D eigenvalue weighted by molar-refractivity contribution is 5.69. The average molecular weight is 480 g/mol. The number of hydrogen-bond acceptors (Lipinski definition) is 3. The first-order valence-corrected chi connectivity index (χ1v) is 15.4. The second-order valence-corrected chi connectivity index (χ2v) is 11.3. The van der Waals surface area contributed by atoms with Crippen LogP contribution in [-0.4, -0.2) is 37.6 Å². The van der Waals surface area contributed by atoms with E-state index in [1.54, 1.807) is 0 Å². The normalized spacial score (nSPS) is 18.4. The van der Waals surface area contributed by atoms with Crippen LogP contribution in [0.3, 0.4) is 0 Å². The number of rotatable bonds is 25. The van der Waals surface area contributed by atoms with E-state index >= 15 is 0 Å². The zero-order chi connectivity index (χ0) is 24.9. The van der Waals surface area contributed by atoms with Gasteiger partial charge in [-0.3, -0.25) is 4.79 Å². The Hall–Kier alpha value is -0.570. The van der Waals surface area contributed by atoms with Gasteiger partial charge < -0.3 is 9.64 Å². The largest absolute Gasteiger partial charge is 0.466 e. The highest BCUT2D eigenvalue weighted by atomic mass is 16.5. The Kier molecular flexibility index (Phi) is 20.1. The quantitative estimate of drug-likeness (QED) is 0.0964. The minimum absolute atomic E-state index is 0.0210. The molecular formula is C31H61NO2.